The Hall–Kier alpha value is -2.07. The van der Waals surface area contributed by atoms with Crippen molar-refractivity contribution in [3.8, 4) is 0 Å². The van der Waals surface area contributed by atoms with Gasteiger partial charge in [-0.2, -0.15) is 0 Å². The van der Waals surface area contributed by atoms with Crippen LogP contribution in [0.4, 0.5) is 0 Å². The van der Waals surface area contributed by atoms with E-state index in [1.807, 2.05) is 30.3 Å². The Morgan fingerprint density at radius 1 is 1.39 bits per heavy atom. The highest BCUT2D eigenvalue weighted by Crippen LogP contribution is 2.17. The highest BCUT2D eigenvalue weighted by atomic mass is 15.4. The Morgan fingerprint density at radius 2 is 2.22 bits per heavy atom. The number of nitrogens with two attached hydrogens (primary N) is 2. The molecule has 0 aliphatic heterocycles. The highest BCUT2D eigenvalue weighted by molar-refractivity contribution is 5.82. The van der Waals surface area contributed by atoms with Crippen molar-refractivity contribution in [3.63, 3.8) is 0 Å². The van der Waals surface area contributed by atoms with E-state index in [0.717, 1.165) is 29.4 Å². The molecule has 4 N–H and O–H groups in total. The maximum absolute atomic E-state index is 6.04. The summed E-state index contributed by atoms with van der Waals surface area (Å²) in [6.07, 6.45) is 4.53. The molecule has 0 saturated carbocycles. The Morgan fingerprint density at radius 3 is 3.00 bits per heavy atom. The molecule has 94 valence electrons. The second-order valence-electron chi connectivity index (χ2n) is 4.23. The molecule has 0 bridgehead atoms. The summed E-state index contributed by atoms with van der Waals surface area (Å²) >= 11 is 0. The summed E-state index contributed by atoms with van der Waals surface area (Å²) in [6, 6.07) is 9.88. The summed E-state index contributed by atoms with van der Waals surface area (Å²) < 4.78 is 0. The molecular formula is C14H18N4. The van der Waals surface area contributed by atoms with Gasteiger partial charge < -0.3 is 10.7 Å². The van der Waals surface area contributed by atoms with Gasteiger partial charge in [0.15, 0.2) is 0 Å². The van der Waals surface area contributed by atoms with Crippen LogP contribution in [0.25, 0.3) is 16.6 Å². The lowest BCUT2D eigenvalue weighted by Gasteiger charge is -2.13. The molecule has 0 saturated heterocycles. The molecule has 0 fully saturated rings. The molecule has 0 amide bonds. The van der Waals surface area contributed by atoms with Gasteiger partial charge in [-0.3, -0.25) is 4.98 Å². The predicted octanol–water partition coefficient (Wildman–Crippen LogP) is 2.08. The smallest absolute Gasteiger partial charge is 0.0702 e. The molecule has 0 spiro atoms. The summed E-state index contributed by atoms with van der Waals surface area (Å²) in [5, 5.41) is 2.69. The van der Waals surface area contributed by atoms with Crippen LogP contribution in [0.1, 0.15) is 18.9 Å². The molecular weight excluding hydrogens is 224 g/mol. The number of benzene rings is 1. The minimum atomic E-state index is 0.664. The van der Waals surface area contributed by atoms with Crippen LogP contribution >= 0.6 is 0 Å². The Kier molecular flexibility index (Phi) is 3.79. The fourth-order valence-electron chi connectivity index (χ4n) is 1.83. The average molecular weight is 242 g/mol. The zero-order valence-electron chi connectivity index (χ0n) is 10.5. The zero-order chi connectivity index (χ0) is 13.0. The van der Waals surface area contributed by atoms with Crippen molar-refractivity contribution in [2.45, 2.75) is 13.3 Å². The van der Waals surface area contributed by atoms with E-state index in [9.17, 15) is 0 Å². The Balaban J connectivity index is 2.30. The number of hydrogen-bond donors (Lipinski definition) is 2. The first-order chi connectivity index (χ1) is 8.70. The van der Waals surface area contributed by atoms with Crippen molar-refractivity contribution in [3.05, 3.63) is 48.3 Å². The fraction of sp³-hybridized carbons (Fsp3) is 0.214. The number of nitrogens with zero attached hydrogens (tertiary/aromatic N) is 2. The summed E-state index contributed by atoms with van der Waals surface area (Å²) in [4.78, 5) is 4.28. The van der Waals surface area contributed by atoms with Crippen LogP contribution in [0.15, 0.2) is 42.7 Å². The number of rotatable bonds is 4. The molecule has 0 radical (unpaired) electrons. The molecule has 1 aromatic carbocycles. The van der Waals surface area contributed by atoms with Crippen LogP contribution in [0.3, 0.4) is 0 Å². The van der Waals surface area contributed by atoms with Crippen molar-refractivity contribution in [1.29, 1.82) is 0 Å². The van der Waals surface area contributed by atoms with Crippen molar-refractivity contribution < 1.29 is 0 Å². The quantitative estimate of drug-likeness (QED) is 0.636. The lowest BCUT2D eigenvalue weighted by molar-refractivity contribution is 0.394. The van der Waals surface area contributed by atoms with E-state index >= 15 is 0 Å². The van der Waals surface area contributed by atoms with Gasteiger partial charge in [0, 0.05) is 24.3 Å². The molecule has 2 aromatic rings. The average Bonchev–Trinajstić information content (AvgIpc) is 2.38. The Labute approximate surface area is 107 Å². The third-order valence-corrected chi connectivity index (χ3v) is 2.72. The molecule has 4 heteroatoms. The van der Waals surface area contributed by atoms with Crippen LogP contribution in [0.2, 0.25) is 0 Å². The van der Waals surface area contributed by atoms with Gasteiger partial charge in [-0.25, -0.2) is 5.84 Å². The van der Waals surface area contributed by atoms with Gasteiger partial charge >= 0.3 is 0 Å². The first-order valence-electron chi connectivity index (χ1n) is 6.04. The van der Waals surface area contributed by atoms with E-state index in [0.29, 0.717) is 5.70 Å². The predicted molar refractivity (Wildman–Crippen MR) is 75.1 cm³/mol. The van der Waals surface area contributed by atoms with E-state index in [1.165, 1.54) is 0 Å². The lowest BCUT2D eigenvalue weighted by Crippen LogP contribution is -2.26. The topological polar surface area (TPSA) is 68.2 Å². The fourth-order valence-corrected chi connectivity index (χ4v) is 1.83. The number of pyridine rings is 1. The number of hydrazine groups is 1. The van der Waals surface area contributed by atoms with E-state index in [1.54, 1.807) is 17.4 Å². The third kappa shape index (κ3) is 2.78. The van der Waals surface area contributed by atoms with Crippen LogP contribution < -0.4 is 11.6 Å². The Bertz CT molecular complexity index is 562. The summed E-state index contributed by atoms with van der Waals surface area (Å²) in [7, 11) is 0. The van der Waals surface area contributed by atoms with Crippen LogP contribution in [0, 0.1) is 0 Å². The maximum atomic E-state index is 6.04. The van der Waals surface area contributed by atoms with Crippen LogP contribution in [-0.2, 0) is 0 Å². The molecule has 0 aliphatic rings. The minimum Gasteiger partial charge on any atom is -0.397 e. The molecule has 1 heterocycles. The summed E-state index contributed by atoms with van der Waals surface area (Å²) in [6.45, 7) is 2.86. The van der Waals surface area contributed by atoms with E-state index in [4.69, 9.17) is 11.6 Å². The van der Waals surface area contributed by atoms with E-state index in [-0.39, 0.29) is 0 Å². The van der Waals surface area contributed by atoms with Gasteiger partial charge in [0.25, 0.3) is 0 Å². The second kappa shape index (κ2) is 5.51. The third-order valence-electron chi connectivity index (χ3n) is 2.72. The number of fused-ring (bicyclic) bond motifs is 1. The van der Waals surface area contributed by atoms with Crippen molar-refractivity contribution in [2.75, 3.05) is 6.54 Å². The van der Waals surface area contributed by atoms with Gasteiger partial charge in [-0.1, -0.05) is 19.1 Å². The van der Waals surface area contributed by atoms with Crippen LogP contribution in [0.5, 0.6) is 0 Å². The summed E-state index contributed by atoms with van der Waals surface area (Å²) in [5.74, 6) is 5.80. The first-order valence-corrected chi connectivity index (χ1v) is 6.04. The molecule has 0 atom stereocenters. The molecule has 1 aromatic heterocycles. The number of hydrogen-bond acceptors (Lipinski definition) is 4. The SMILES string of the molecule is CCCN(N)/C=C(\N)c1ccc2ncccc2c1. The lowest BCUT2D eigenvalue weighted by atomic mass is 10.1. The largest absolute Gasteiger partial charge is 0.397 e. The monoisotopic (exact) mass is 242 g/mol. The van der Waals surface area contributed by atoms with Gasteiger partial charge in [-0.15, -0.1) is 0 Å². The first kappa shape index (κ1) is 12.4. The minimum absolute atomic E-state index is 0.664. The second-order valence-corrected chi connectivity index (χ2v) is 4.23. The van der Waals surface area contributed by atoms with Gasteiger partial charge in [0.2, 0.25) is 0 Å². The molecule has 2 rings (SSSR count). The standard InChI is InChI=1S/C14H18N4/c1-2-8-18(16)10-13(15)11-5-6-14-12(9-11)4-3-7-17-14/h3-7,9-10H,2,8,15-16H2,1H3/b13-10-. The highest BCUT2D eigenvalue weighted by Gasteiger charge is 2.01. The van der Waals surface area contributed by atoms with Crippen molar-refractivity contribution >= 4 is 16.6 Å². The molecule has 4 nitrogen and oxygen atoms in total. The molecule has 0 unspecified atom stereocenters. The van der Waals surface area contributed by atoms with Gasteiger partial charge in [-0.05, 0) is 30.2 Å². The summed E-state index contributed by atoms with van der Waals surface area (Å²) in [5.41, 5.74) is 8.63. The number of aromatic nitrogens is 1. The van der Waals surface area contributed by atoms with Gasteiger partial charge in [0.05, 0.1) is 11.2 Å². The maximum Gasteiger partial charge on any atom is 0.0702 e. The molecule has 0 aliphatic carbocycles. The van der Waals surface area contributed by atoms with Gasteiger partial charge in [0.1, 0.15) is 0 Å². The normalized spacial score (nSPS) is 11.8. The van der Waals surface area contributed by atoms with E-state index < -0.39 is 0 Å². The zero-order valence-corrected chi connectivity index (χ0v) is 10.5. The molecule has 18 heavy (non-hydrogen) atoms. The van der Waals surface area contributed by atoms with E-state index in [2.05, 4.69) is 11.9 Å². The van der Waals surface area contributed by atoms with Crippen molar-refractivity contribution in [1.82, 2.24) is 9.99 Å². The van der Waals surface area contributed by atoms with Crippen molar-refractivity contribution in [2.24, 2.45) is 11.6 Å². The van der Waals surface area contributed by atoms with Crippen LogP contribution in [-0.4, -0.2) is 16.5 Å².